The van der Waals surface area contributed by atoms with Crippen LogP contribution in [0.1, 0.15) is 38.7 Å². The van der Waals surface area contributed by atoms with E-state index in [4.69, 9.17) is 4.99 Å². The zero-order valence-corrected chi connectivity index (χ0v) is 19.7. The molecule has 2 aliphatic rings. The summed E-state index contributed by atoms with van der Waals surface area (Å²) in [5.74, 6) is 1.24. The summed E-state index contributed by atoms with van der Waals surface area (Å²) in [5.41, 5.74) is 2.09. The lowest BCUT2D eigenvalue weighted by molar-refractivity contribution is -0.130. The highest BCUT2D eigenvalue weighted by molar-refractivity contribution is 14.0. The number of hydrogen-bond acceptors (Lipinski definition) is 3. The fourth-order valence-corrected chi connectivity index (χ4v) is 3.69. The number of nitrogens with one attached hydrogen (secondary N) is 1. The van der Waals surface area contributed by atoms with Gasteiger partial charge in [0.25, 0.3) is 0 Å². The zero-order chi connectivity index (χ0) is 19.9. The van der Waals surface area contributed by atoms with Gasteiger partial charge < -0.3 is 20.0 Å². The molecule has 0 atom stereocenters. The largest absolute Gasteiger partial charge is 0.357 e. The summed E-state index contributed by atoms with van der Waals surface area (Å²) in [6, 6.07) is 8.15. The van der Waals surface area contributed by atoms with E-state index >= 15 is 0 Å². The van der Waals surface area contributed by atoms with Gasteiger partial charge in [-0.25, -0.2) is 4.99 Å². The van der Waals surface area contributed by atoms with Crippen LogP contribution in [0.5, 0.6) is 0 Å². The highest BCUT2D eigenvalue weighted by Crippen LogP contribution is 2.21. The van der Waals surface area contributed by atoms with Gasteiger partial charge in [-0.15, -0.1) is 24.0 Å². The van der Waals surface area contributed by atoms with Gasteiger partial charge in [-0.1, -0.05) is 12.1 Å². The number of carbonyl (C=O) groups is 2. The molecule has 8 heteroatoms. The summed E-state index contributed by atoms with van der Waals surface area (Å²) < 4.78 is 0. The molecule has 0 unspecified atom stereocenters. The van der Waals surface area contributed by atoms with Crippen molar-refractivity contribution in [2.75, 3.05) is 44.2 Å². The lowest BCUT2D eigenvalue weighted by Crippen LogP contribution is -2.53. The van der Waals surface area contributed by atoms with Gasteiger partial charge >= 0.3 is 0 Å². The number of piperazine rings is 1. The molecular formula is C21H32IN5O2. The molecule has 2 aliphatic heterocycles. The molecule has 3 rings (SSSR count). The molecule has 7 nitrogen and oxygen atoms in total. The van der Waals surface area contributed by atoms with Crippen molar-refractivity contribution in [3.8, 4) is 0 Å². The minimum Gasteiger partial charge on any atom is -0.357 e. The van der Waals surface area contributed by atoms with E-state index in [2.05, 4.69) is 29.3 Å². The Hall–Kier alpha value is -1.84. The lowest BCUT2D eigenvalue weighted by atomic mass is 10.1. The fourth-order valence-electron chi connectivity index (χ4n) is 3.69. The van der Waals surface area contributed by atoms with Crippen LogP contribution in [-0.4, -0.2) is 66.8 Å². The minimum absolute atomic E-state index is 0. The molecular weight excluding hydrogens is 481 g/mol. The normalized spacial score (nSPS) is 17.8. The summed E-state index contributed by atoms with van der Waals surface area (Å²) in [4.78, 5) is 34.3. The van der Waals surface area contributed by atoms with Crippen LogP contribution < -0.4 is 10.2 Å². The number of halogens is 1. The standard InChI is InChI=1S/C21H31N5O2.HI/c1-3-22-21(25-14-12-24(13-15-25)17(2)27)23-16-18-7-9-19(10-8-18)26-11-5-4-6-20(26)28;/h7-10H,3-6,11-16H2,1-2H3,(H,22,23);1H. The van der Waals surface area contributed by atoms with Gasteiger partial charge in [0.1, 0.15) is 0 Å². The van der Waals surface area contributed by atoms with E-state index in [-0.39, 0.29) is 35.8 Å². The van der Waals surface area contributed by atoms with E-state index in [1.54, 1.807) is 6.92 Å². The van der Waals surface area contributed by atoms with Crippen LogP contribution in [0.2, 0.25) is 0 Å². The second-order valence-corrected chi connectivity index (χ2v) is 7.33. The van der Waals surface area contributed by atoms with Gasteiger partial charge in [-0.2, -0.15) is 0 Å². The van der Waals surface area contributed by atoms with E-state index < -0.39 is 0 Å². The minimum atomic E-state index is 0. The first-order valence-electron chi connectivity index (χ1n) is 10.3. The Bertz CT molecular complexity index is 714. The third-order valence-electron chi connectivity index (χ3n) is 5.34. The van der Waals surface area contributed by atoms with Crippen molar-refractivity contribution in [1.29, 1.82) is 0 Å². The monoisotopic (exact) mass is 513 g/mol. The molecule has 0 spiro atoms. The molecule has 1 N–H and O–H groups in total. The number of benzene rings is 1. The van der Waals surface area contributed by atoms with Crippen molar-refractivity contribution in [2.24, 2.45) is 4.99 Å². The first-order chi connectivity index (χ1) is 13.6. The Kier molecular flexibility index (Phi) is 9.19. The van der Waals surface area contributed by atoms with Crippen molar-refractivity contribution in [3.05, 3.63) is 29.8 Å². The second kappa shape index (κ2) is 11.4. The number of carbonyl (C=O) groups excluding carboxylic acids is 2. The number of hydrogen-bond donors (Lipinski definition) is 1. The van der Waals surface area contributed by atoms with Crippen molar-refractivity contribution in [3.63, 3.8) is 0 Å². The van der Waals surface area contributed by atoms with E-state index in [9.17, 15) is 9.59 Å². The van der Waals surface area contributed by atoms with Crippen molar-refractivity contribution in [2.45, 2.75) is 39.7 Å². The van der Waals surface area contributed by atoms with Crippen LogP contribution in [0.15, 0.2) is 29.3 Å². The van der Waals surface area contributed by atoms with Gasteiger partial charge in [-0.05, 0) is 37.5 Å². The SMILES string of the molecule is CCNC(=NCc1ccc(N2CCCCC2=O)cc1)N1CCN(C(C)=O)CC1.I. The fraction of sp³-hybridized carbons (Fsp3) is 0.571. The number of aliphatic imine (C=N–C) groups is 1. The molecule has 0 bridgehead atoms. The van der Waals surface area contributed by atoms with Crippen molar-refractivity contribution < 1.29 is 9.59 Å². The van der Waals surface area contributed by atoms with E-state index in [1.165, 1.54) is 0 Å². The maximum Gasteiger partial charge on any atom is 0.226 e. The number of rotatable bonds is 4. The van der Waals surface area contributed by atoms with Gasteiger partial charge in [0.2, 0.25) is 11.8 Å². The van der Waals surface area contributed by atoms with Crippen LogP contribution in [0.4, 0.5) is 5.69 Å². The average Bonchev–Trinajstić information content (AvgIpc) is 2.72. The number of nitrogens with zero attached hydrogens (tertiary/aromatic N) is 4. The molecule has 160 valence electrons. The Morgan fingerprint density at radius 2 is 1.69 bits per heavy atom. The summed E-state index contributed by atoms with van der Waals surface area (Å²) in [6.07, 6.45) is 2.71. The molecule has 2 fully saturated rings. The number of anilines is 1. The van der Waals surface area contributed by atoms with Crippen LogP contribution >= 0.6 is 24.0 Å². The molecule has 2 heterocycles. The Morgan fingerprint density at radius 3 is 2.28 bits per heavy atom. The van der Waals surface area contributed by atoms with E-state index in [1.807, 2.05) is 21.9 Å². The van der Waals surface area contributed by atoms with Crippen LogP contribution in [0.3, 0.4) is 0 Å². The maximum atomic E-state index is 12.1. The summed E-state index contributed by atoms with van der Waals surface area (Å²) in [5, 5.41) is 3.36. The smallest absolute Gasteiger partial charge is 0.226 e. The topological polar surface area (TPSA) is 68.2 Å². The quantitative estimate of drug-likeness (QED) is 0.382. The predicted octanol–water partition coefficient (Wildman–Crippen LogP) is 2.45. The molecule has 2 saturated heterocycles. The molecule has 1 aromatic rings. The zero-order valence-electron chi connectivity index (χ0n) is 17.4. The molecule has 29 heavy (non-hydrogen) atoms. The summed E-state index contributed by atoms with van der Waals surface area (Å²) in [7, 11) is 0. The summed E-state index contributed by atoms with van der Waals surface area (Å²) in [6.45, 7) is 8.94. The average molecular weight is 513 g/mol. The molecule has 2 amide bonds. The third kappa shape index (κ3) is 6.32. The van der Waals surface area contributed by atoms with E-state index in [0.29, 0.717) is 13.0 Å². The van der Waals surface area contributed by atoms with Gasteiger partial charge in [0, 0.05) is 58.3 Å². The highest BCUT2D eigenvalue weighted by atomic mass is 127. The molecule has 0 radical (unpaired) electrons. The first kappa shape index (κ1) is 23.4. The van der Waals surface area contributed by atoms with Gasteiger partial charge in [0.15, 0.2) is 5.96 Å². The van der Waals surface area contributed by atoms with Crippen LogP contribution in [0.25, 0.3) is 0 Å². The molecule has 1 aromatic carbocycles. The number of guanidine groups is 1. The molecule has 0 aliphatic carbocycles. The second-order valence-electron chi connectivity index (χ2n) is 7.33. The maximum absolute atomic E-state index is 12.1. The number of amides is 2. The molecule has 0 aromatic heterocycles. The van der Waals surface area contributed by atoms with E-state index in [0.717, 1.165) is 69.3 Å². The Labute approximate surface area is 190 Å². The Balaban J connectivity index is 0.00000300. The summed E-state index contributed by atoms with van der Waals surface area (Å²) >= 11 is 0. The van der Waals surface area contributed by atoms with Gasteiger partial charge in [-0.3, -0.25) is 9.59 Å². The van der Waals surface area contributed by atoms with Crippen molar-refractivity contribution >= 4 is 47.4 Å². The third-order valence-corrected chi connectivity index (χ3v) is 5.34. The lowest BCUT2D eigenvalue weighted by Gasteiger charge is -2.36. The first-order valence-corrected chi connectivity index (χ1v) is 10.3. The highest BCUT2D eigenvalue weighted by Gasteiger charge is 2.21. The van der Waals surface area contributed by atoms with Gasteiger partial charge in [0.05, 0.1) is 6.54 Å². The van der Waals surface area contributed by atoms with Crippen molar-refractivity contribution in [1.82, 2.24) is 15.1 Å². The predicted molar refractivity (Wildman–Crippen MR) is 127 cm³/mol. The van der Waals surface area contributed by atoms with Crippen LogP contribution in [-0.2, 0) is 16.1 Å². The number of piperidine rings is 1. The molecule has 0 saturated carbocycles. The Morgan fingerprint density at radius 1 is 1.03 bits per heavy atom. The van der Waals surface area contributed by atoms with Crippen LogP contribution in [0, 0.1) is 0 Å².